The van der Waals surface area contributed by atoms with Gasteiger partial charge in [0.2, 0.25) is 0 Å². The summed E-state index contributed by atoms with van der Waals surface area (Å²) in [7, 11) is -4.81. The van der Waals surface area contributed by atoms with E-state index in [-0.39, 0.29) is 0 Å². The second-order valence-electron chi connectivity index (χ2n) is 3.31. The highest BCUT2D eigenvalue weighted by Crippen LogP contribution is 2.21. The Kier molecular flexibility index (Phi) is 4.20. The van der Waals surface area contributed by atoms with Crippen molar-refractivity contribution in [1.82, 2.24) is 0 Å². The Bertz CT molecular complexity index is 329. The van der Waals surface area contributed by atoms with E-state index in [1.807, 2.05) is 0 Å². The lowest BCUT2D eigenvalue weighted by atomic mass is 9.98. The first-order valence-electron chi connectivity index (χ1n) is 4.30. The van der Waals surface area contributed by atoms with E-state index in [0.717, 1.165) is 0 Å². The molecule has 6 N–H and O–H groups in total. The van der Waals surface area contributed by atoms with Gasteiger partial charge < -0.3 is 25.8 Å². The lowest BCUT2D eigenvalue weighted by Crippen LogP contribution is -2.62. The average Bonchev–Trinajstić information content (AvgIpc) is 2.17. The molecule has 1 aliphatic heterocycles. The van der Waals surface area contributed by atoms with Crippen LogP contribution in [0.25, 0.3) is 0 Å². The minimum Gasteiger partial charge on any atom is -0.394 e. The van der Waals surface area contributed by atoms with Gasteiger partial charge in [0.1, 0.15) is 18.3 Å². The summed E-state index contributed by atoms with van der Waals surface area (Å²) in [5.41, 5.74) is 5.32. The maximum absolute atomic E-state index is 10.4. The Morgan fingerprint density at radius 2 is 1.88 bits per heavy atom. The molecular weight excluding hydrogens is 246 g/mol. The lowest BCUT2D eigenvalue weighted by Gasteiger charge is -2.39. The number of aliphatic hydroxyl groups is 3. The number of hydrogen-bond acceptors (Lipinski definition) is 8. The van der Waals surface area contributed by atoms with E-state index in [4.69, 9.17) is 20.1 Å². The number of aliphatic hydroxyl groups excluding tert-OH is 3. The summed E-state index contributed by atoms with van der Waals surface area (Å²) in [6.45, 7) is -0.670. The van der Waals surface area contributed by atoms with Crippen molar-refractivity contribution in [3.8, 4) is 0 Å². The van der Waals surface area contributed by atoms with E-state index in [0.29, 0.717) is 0 Å². The van der Waals surface area contributed by atoms with Crippen molar-refractivity contribution in [3.63, 3.8) is 0 Å². The van der Waals surface area contributed by atoms with Crippen LogP contribution in [0.15, 0.2) is 0 Å². The normalized spacial score (nSPS) is 40.9. The SMILES string of the molecule is N[C@H]1C(O)[C@H](O)C(CO)O[C@H]1OS(=O)(=O)O. The molecule has 0 radical (unpaired) electrons. The van der Waals surface area contributed by atoms with Gasteiger partial charge >= 0.3 is 10.4 Å². The topological polar surface area (TPSA) is 160 Å². The Hall–Kier alpha value is -0.330. The summed E-state index contributed by atoms with van der Waals surface area (Å²) >= 11 is 0. The Morgan fingerprint density at radius 1 is 1.31 bits per heavy atom. The van der Waals surface area contributed by atoms with Crippen molar-refractivity contribution in [2.45, 2.75) is 30.6 Å². The standard InChI is InChI=1S/C6H13NO8S/c7-3-5(10)4(9)2(1-8)14-6(3)15-16(11,12)13/h2-6,8-10H,1,7H2,(H,11,12,13)/t2?,3-,4+,5?,6-/m0/s1. The van der Waals surface area contributed by atoms with Crippen LogP contribution in [0.1, 0.15) is 0 Å². The van der Waals surface area contributed by atoms with Gasteiger partial charge in [0, 0.05) is 0 Å². The fourth-order valence-corrected chi connectivity index (χ4v) is 1.72. The summed E-state index contributed by atoms with van der Waals surface area (Å²) < 4.78 is 38.0. The Morgan fingerprint density at radius 3 is 2.31 bits per heavy atom. The minimum absolute atomic E-state index is 0.670. The molecule has 1 saturated heterocycles. The van der Waals surface area contributed by atoms with Crippen molar-refractivity contribution in [3.05, 3.63) is 0 Å². The van der Waals surface area contributed by atoms with Gasteiger partial charge in [0.25, 0.3) is 0 Å². The molecule has 10 heteroatoms. The summed E-state index contributed by atoms with van der Waals surface area (Å²) in [5, 5.41) is 27.5. The smallest absolute Gasteiger partial charge is 0.394 e. The molecule has 1 rings (SSSR count). The molecule has 0 aliphatic carbocycles. The highest BCUT2D eigenvalue weighted by molar-refractivity contribution is 7.80. The zero-order chi connectivity index (χ0) is 12.5. The van der Waals surface area contributed by atoms with Gasteiger partial charge in [0.05, 0.1) is 12.6 Å². The summed E-state index contributed by atoms with van der Waals surface area (Å²) in [6.07, 6.45) is -5.94. The second kappa shape index (κ2) is 4.89. The highest BCUT2D eigenvalue weighted by Gasteiger charge is 2.44. The fraction of sp³-hybridized carbons (Fsp3) is 1.00. The second-order valence-corrected chi connectivity index (χ2v) is 4.36. The van der Waals surface area contributed by atoms with Gasteiger partial charge in [-0.25, -0.2) is 4.18 Å². The molecule has 1 heterocycles. The molecule has 5 atom stereocenters. The third-order valence-electron chi connectivity index (χ3n) is 2.14. The maximum atomic E-state index is 10.4. The fourth-order valence-electron chi connectivity index (χ4n) is 1.31. The monoisotopic (exact) mass is 259 g/mol. The molecule has 0 aromatic rings. The van der Waals surface area contributed by atoms with Gasteiger partial charge in [-0.15, -0.1) is 0 Å². The molecule has 1 aliphatic rings. The van der Waals surface area contributed by atoms with E-state index in [1.165, 1.54) is 0 Å². The number of hydrogen-bond donors (Lipinski definition) is 5. The van der Waals surface area contributed by atoms with E-state index in [2.05, 4.69) is 4.18 Å². The average molecular weight is 259 g/mol. The van der Waals surface area contributed by atoms with Crippen LogP contribution >= 0.6 is 0 Å². The molecule has 0 amide bonds. The zero-order valence-corrected chi connectivity index (χ0v) is 8.82. The van der Waals surface area contributed by atoms with Crippen molar-refractivity contribution in [2.24, 2.45) is 5.73 Å². The largest absolute Gasteiger partial charge is 0.399 e. The van der Waals surface area contributed by atoms with Crippen LogP contribution in [0.4, 0.5) is 0 Å². The van der Waals surface area contributed by atoms with Crippen LogP contribution in [-0.4, -0.2) is 65.5 Å². The zero-order valence-electron chi connectivity index (χ0n) is 8.00. The minimum atomic E-state index is -4.81. The highest BCUT2D eigenvalue weighted by atomic mass is 32.3. The molecule has 16 heavy (non-hydrogen) atoms. The van der Waals surface area contributed by atoms with E-state index in [9.17, 15) is 18.6 Å². The maximum Gasteiger partial charge on any atom is 0.399 e. The number of ether oxygens (including phenoxy) is 1. The molecule has 1 fully saturated rings. The summed E-state index contributed by atoms with van der Waals surface area (Å²) in [5.74, 6) is 0. The van der Waals surface area contributed by atoms with Crippen molar-refractivity contribution < 1.29 is 37.2 Å². The molecular formula is C6H13NO8S. The van der Waals surface area contributed by atoms with Crippen LogP contribution in [-0.2, 0) is 19.3 Å². The Labute approximate surface area is 91.3 Å². The predicted octanol–water partition coefficient (Wildman–Crippen LogP) is -3.43. The lowest BCUT2D eigenvalue weighted by molar-refractivity contribution is -0.239. The van der Waals surface area contributed by atoms with E-state index < -0.39 is 47.6 Å². The summed E-state index contributed by atoms with van der Waals surface area (Å²) in [4.78, 5) is 0. The third-order valence-corrected chi connectivity index (χ3v) is 2.58. The van der Waals surface area contributed by atoms with E-state index >= 15 is 0 Å². The van der Waals surface area contributed by atoms with Gasteiger partial charge in [0.15, 0.2) is 6.29 Å². The first kappa shape index (κ1) is 13.7. The first-order chi connectivity index (χ1) is 7.26. The predicted molar refractivity (Wildman–Crippen MR) is 48.4 cm³/mol. The van der Waals surface area contributed by atoms with Crippen LogP contribution in [0.5, 0.6) is 0 Å². The van der Waals surface area contributed by atoms with Crippen molar-refractivity contribution >= 4 is 10.4 Å². The van der Waals surface area contributed by atoms with Gasteiger partial charge in [-0.1, -0.05) is 0 Å². The van der Waals surface area contributed by atoms with Crippen molar-refractivity contribution in [2.75, 3.05) is 6.61 Å². The third kappa shape index (κ3) is 3.09. The number of rotatable bonds is 3. The van der Waals surface area contributed by atoms with Crippen LogP contribution in [0, 0.1) is 0 Å². The molecule has 96 valence electrons. The molecule has 0 saturated carbocycles. The first-order valence-corrected chi connectivity index (χ1v) is 5.66. The molecule has 9 nitrogen and oxygen atoms in total. The summed E-state index contributed by atoms with van der Waals surface area (Å²) in [6, 6.07) is -1.38. The van der Waals surface area contributed by atoms with Gasteiger partial charge in [-0.05, 0) is 0 Å². The number of nitrogens with two attached hydrogens (primary N) is 1. The van der Waals surface area contributed by atoms with Crippen LogP contribution in [0.2, 0.25) is 0 Å². The van der Waals surface area contributed by atoms with Gasteiger partial charge in [-0.3, -0.25) is 4.55 Å². The molecule has 0 bridgehead atoms. The van der Waals surface area contributed by atoms with Gasteiger partial charge in [-0.2, -0.15) is 8.42 Å². The van der Waals surface area contributed by atoms with Crippen LogP contribution < -0.4 is 5.73 Å². The van der Waals surface area contributed by atoms with Crippen LogP contribution in [0.3, 0.4) is 0 Å². The molecule has 2 unspecified atom stereocenters. The molecule has 0 spiro atoms. The quantitative estimate of drug-likeness (QED) is 0.325. The van der Waals surface area contributed by atoms with Crippen molar-refractivity contribution in [1.29, 1.82) is 0 Å². The van der Waals surface area contributed by atoms with E-state index in [1.54, 1.807) is 0 Å². The molecule has 0 aromatic carbocycles. The molecule has 0 aromatic heterocycles. The Balaban J connectivity index is 2.79.